The van der Waals surface area contributed by atoms with E-state index in [1.165, 1.54) is 36.8 Å². The highest BCUT2D eigenvalue weighted by molar-refractivity contribution is 5.83. The number of aromatic nitrogens is 4. The summed E-state index contributed by atoms with van der Waals surface area (Å²) in [5, 5.41) is 11.6. The Morgan fingerprint density at radius 1 is 0.620 bits per heavy atom. The van der Waals surface area contributed by atoms with Crippen LogP contribution in [0.4, 0.5) is 0 Å². The quantitative estimate of drug-likeness (QED) is 0.148. The number of ether oxygens (including phenoxy) is 2. The number of fused-ring (bicyclic) bond motifs is 8. The van der Waals surface area contributed by atoms with E-state index in [2.05, 4.69) is 104 Å². The Morgan fingerprint density at radius 2 is 1.08 bits per heavy atom. The van der Waals surface area contributed by atoms with Crippen LogP contribution in [-0.2, 0) is 0 Å². The predicted octanol–water partition coefficient (Wildman–Crippen LogP) is 8.05. The summed E-state index contributed by atoms with van der Waals surface area (Å²) in [4.78, 5) is 14.7. The number of hydrogen-bond acceptors (Lipinski definition) is 8. The molecule has 8 nitrogen and oxygen atoms in total. The molecule has 5 aromatic rings. The lowest BCUT2D eigenvalue weighted by molar-refractivity contribution is -0.0511. The summed E-state index contributed by atoms with van der Waals surface area (Å²) in [7, 11) is 0. The second kappa shape index (κ2) is 13.5. The number of pyridine rings is 2. The van der Waals surface area contributed by atoms with Crippen LogP contribution >= 0.6 is 0 Å². The Kier molecular flexibility index (Phi) is 8.61. The van der Waals surface area contributed by atoms with E-state index in [1.807, 2.05) is 24.5 Å². The van der Waals surface area contributed by atoms with Gasteiger partial charge >= 0.3 is 0 Å². The molecule has 0 spiro atoms. The molecule has 4 bridgehead atoms. The first-order chi connectivity index (χ1) is 24.7. The lowest BCUT2D eigenvalue weighted by Crippen LogP contribution is -2.56. The van der Waals surface area contributed by atoms with Crippen molar-refractivity contribution in [2.75, 3.05) is 26.2 Å². The molecule has 0 N–H and O–H groups in total. The molecule has 10 atom stereocenters. The summed E-state index contributed by atoms with van der Waals surface area (Å²) in [6.45, 7) is 9.19. The minimum atomic E-state index is -0.183. The van der Waals surface area contributed by atoms with Crippen molar-refractivity contribution in [3.63, 3.8) is 0 Å². The molecule has 9 heterocycles. The fourth-order valence-corrected chi connectivity index (χ4v) is 10.0. The molecule has 2 unspecified atom stereocenters. The molecule has 258 valence electrons. The minimum Gasteiger partial charge on any atom is -0.467 e. The van der Waals surface area contributed by atoms with Crippen LogP contribution in [0.2, 0.25) is 0 Å². The number of para-hydroxylation sites is 2. The van der Waals surface area contributed by atoms with Crippen molar-refractivity contribution in [3.8, 4) is 11.8 Å². The van der Waals surface area contributed by atoms with Gasteiger partial charge in [0.2, 0.25) is 11.8 Å². The Morgan fingerprint density at radius 3 is 1.48 bits per heavy atom. The topological polar surface area (TPSA) is 76.5 Å². The van der Waals surface area contributed by atoms with E-state index in [1.54, 1.807) is 0 Å². The normalized spacial score (nSPS) is 30.0. The number of benzene rings is 2. The van der Waals surface area contributed by atoms with Crippen molar-refractivity contribution in [2.45, 2.75) is 76.7 Å². The van der Waals surface area contributed by atoms with Gasteiger partial charge in [-0.05, 0) is 86.7 Å². The maximum Gasteiger partial charge on any atom is 0.234 e. The van der Waals surface area contributed by atoms with Crippen molar-refractivity contribution in [1.29, 1.82) is 0 Å². The van der Waals surface area contributed by atoms with Crippen LogP contribution in [0.1, 0.15) is 75.7 Å². The van der Waals surface area contributed by atoms with E-state index in [0.29, 0.717) is 11.8 Å². The van der Waals surface area contributed by atoms with Crippen LogP contribution in [0.25, 0.3) is 21.8 Å². The maximum atomic E-state index is 6.94. The number of rotatable bonds is 10. The molecule has 0 saturated carbocycles. The van der Waals surface area contributed by atoms with Crippen LogP contribution in [-0.4, -0.2) is 68.2 Å². The molecule has 6 aliphatic rings. The van der Waals surface area contributed by atoms with Gasteiger partial charge in [-0.15, -0.1) is 10.2 Å². The molecule has 11 rings (SSSR count). The SMILES string of the molecule is CC[C@H]1CN2CC[C@H]1C[C@@H]2[C@@H](Oc1ccc(O[C@@H](c2ccnc3ccccc23)[C@H]2C[C@@H]3CCN2C[C@@H]3CC)nn1)c1ccnc2ccccc12. The molecule has 0 amide bonds. The van der Waals surface area contributed by atoms with Crippen molar-refractivity contribution in [3.05, 3.63) is 96.3 Å². The van der Waals surface area contributed by atoms with Gasteiger partial charge in [0, 0.05) is 59.5 Å². The first-order valence-corrected chi connectivity index (χ1v) is 19.0. The Balaban J connectivity index is 1.03. The molecule has 6 saturated heterocycles. The van der Waals surface area contributed by atoms with Gasteiger partial charge in [0.15, 0.2) is 0 Å². The highest BCUT2D eigenvalue weighted by Gasteiger charge is 2.45. The van der Waals surface area contributed by atoms with E-state index in [4.69, 9.17) is 9.47 Å². The van der Waals surface area contributed by atoms with E-state index in [9.17, 15) is 0 Å². The summed E-state index contributed by atoms with van der Waals surface area (Å²) in [6, 6.07) is 25.5. The average molecular weight is 669 g/mol. The second-order valence-corrected chi connectivity index (χ2v) is 15.2. The van der Waals surface area contributed by atoms with Gasteiger partial charge in [-0.3, -0.25) is 19.8 Å². The molecular formula is C42H48N6O2. The van der Waals surface area contributed by atoms with E-state index in [-0.39, 0.29) is 24.3 Å². The smallest absolute Gasteiger partial charge is 0.234 e. The zero-order valence-electron chi connectivity index (χ0n) is 29.3. The monoisotopic (exact) mass is 668 g/mol. The van der Waals surface area contributed by atoms with Crippen molar-refractivity contribution in [1.82, 2.24) is 30.0 Å². The van der Waals surface area contributed by atoms with Gasteiger partial charge in [-0.2, -0.15) is 0 Å². The first kappa shape index (κ1) is 31.8. The molecule has 2 aromatic carbocycles. The number of hydrogen-bond donors (Lipinski definition) is 0. The van der Waals surface area contributed by atoms with E-state index < -0.39 is 0 Å². The standard InChI is InChI=1S/C42H48N6O2/c1-3-27-25-47-21-17-29(27)23-37(47)41(33-15-19-43-35-11-7-5-9-31(33)35)49-39-13-14-40(46-45-39)50-42(34-16-20-44-36-12-8-6-10-32(34)36)38-24-30-18-22-48(38)26-28(30)4-2/h5-16,19-20,27-30,37-38,41-42H,3-4,17-18,21-26H2,1-2H3/t27-,28-,29-,30-,37+,38+,41-,42-/m0/s1. The van der Waals surface area contributed by atoms with Crippen molar-refractivity contribution in [2.24, 2.45) is 23.7 Å². The molecule has 8 heteroatoms. The van der Waals surface area contributed by atoms with Crippen LogP contribution in [0.5, 0.6) is 11.8 Å². The van der Waals surface area contributed by atoms with Crippen molar-refractivity contribution >= 4 is 21.8 Å². The highest BCUT2D eigenvalue weighted by Crippen LogP contribution is 2.46. The molecule has 6 aliphatic heterocycles. The number of piperidine rings is 6. The third-order valence-corrected chi connectivity index (χ3v) is 12.7. The molecule has 0 radical (unpaired) electrons. The summed E-state index contributed by atoms with van der Waals surface area (Å²) >= 11 is 0. The number of nitrogens with zero attached hydrogens (tertiary/aromatic N) is 6. The maximum absolute atomic E-state index is 6.94. The second-order valence-electron chi connectivity index (χ2n) is 15.2. The Labute approximate surface area is 295 Å². The van der Waals surface area contributed by atoms with Gasteiger partial charge in [0.05, 0.1) is 23.1 Å². The molecule has 0 aliphatic carbocycles. The first-order valence-electron chi connectivity index (χ1n) is 19.0. The zero-order valence-corrected chi connectivity index (χ0v) is 29.3. The molecular weight excluding hydrogens is 621 g/mol. The summed E-state index contributed by atoms with van der Waals surface area (Å²) in [5.74, 6) is 4.04. The zero-order chi connectivity index (χ0) is 33.6. The third-order valence-electron chi connectivity index (χ3n) is 12.7. The summed E-state index contributed by atoms with van der Waals surface area (Å²) in [5.41, 5.74) is 4.31. The van der Waals surface area contributed by atoms with Crippen molar-refractivity contribution < 1.29 is 9.47 Å². The van der Waals surface area contributed by atoms with Gasteiger partial charge < -0.3 is 9.47 Å². The van der Waals surface area contributed by atoms with Crippen LogP contribution in [0, 0.1) is 23.7 Å². The molecule has 50 heavy (non-hydrogen) atoms. The summed E-state index contributed by atoms with van der Waals surface area (Å²) in [6.07, 6.45) is 10.8. The van der Waals surface area contributed by atoms with E-state index >= 15 is 0 Å². The third kappa shape index (κ3) is 5.80. The Bertz CT molecular complexity index is 1800. The van der Waals surface area contributed by atoms with Gasteiger partial charge in [-0.25, -0.2) is 0 Å². The summed E-state index contributed by atoms with van der Waals surface area (Å²) < 4.78 is 13.9. The largest absolute Gasteiger partial charge is 0.467 e. The minimum absolute atomic E-state index is 0.183. The fourth-order valence-electron chi connectivity index (χ4n) is 10.0. The van der Waals surface area contributed by atoms with Crippen LogP contribution in [0.3, 0.4) is 0 Å². The highest BCUT2D eigenvalue weighted by atomic mass is 16.5. The lowest BCUT2D eigenvalue weighted by atomic mass is 9.72. The fraction of sp³-hybridized carbons (Fsp3) is 0.476. The lowest BCUT2D eigenvalue weighted by Gasteiger charge is -2.52. The molecule has 3 aromatic heterocycles. The Hall–Kier alpha value is -4.14. The van der Waals surface area contributed by atoms with Crippen LogP contribution < -0.4 is 9.47 Å². The average Bonchev–Trinajstić information content (AvgIpc) is 3.19. The molecule has 6 fully saturated rings. The van der Waals surface area contributed by atoms with E-state index in [0.717, 1.165) is 84.5 Å². The van der Waals surface area contributed by atoms with Gasteiger partial charge in [-0.1, -0.05) is 63.1 Å². The van der Waals surface area contributed by atoms with Gasteiger partial charge in [0.25, 0.3) is 0 Å². The van der Waals surface area contributed by atoms with Crippen LogP contribution in [0.15, 0.2) is 85.2 Å². The van der Waals surface area contributed by atoms with Gasteiger partial charge in [0.1, 0.15) is 12.2 Å². The predicted molar refractivity (Wildman–Crippen MR) is 196 cm³/mol.